The van der Waals surface area contributed by atoms with E-state index in [1.807, 2.05) is 4.90 Å². The van der Waals surface area contributed by atoms with Crippen LogP contribution in [0.4, 0.5) is 5.13 Å². The zero-order valence-electron chi connectivity index (χ0n) is 13.5. The standard InChI is InChI=1S/C16H22N4O3S/c21-13-6-5-12(18-13)15(23)19-16-17-11(10-24-16)9-14(22)20-7-3-1-2-4-8-20/h10,12H,1-9H2,(H,18,21)(H,17,19,23). The van der Waals surface area contributed by atoms with Gasteiger partial charge in [0.1, 0.15) is 6.04 Å². The van der Waals surface area contributed by atoms with E-state index >= 15 is 0 Å². The van der Waals surface area contributed by atoms with E-state index in [1.54, 1.807) is 5.38 Å². The van der Waals surface area contributed by atoms with Crippen LogP contribution in [0.1, 0.15) is 44.2 Å². The predicted molar refractivity (Wildman–Crippen MR) is 90.7 cm³/mol. The van der Waals surface area contributed by atoms with E-state index in [4.69, 9.17) is 0 Å². The summed E-state index contributed by atoms with van der Waals surface area (Å²) in [6.45, 7) is 1.65. The van der Waals surface area contributed by atoms with Crippen molar-refractivity contribution in [2.75, 3.05) is 18.4 Å². The van der Waals surface area contributed by atoms with Gasteiger partial charge in [-0.1, -0.05) is 12.8 Å². The van der Waals surface area contributed by atoms with E-state index in [0.717, 1.165) is 25.9 Å². The Balaban J connectivity index is 1.52. The molecule has 1 atom stereocenters. The van der Waals surface area contributed by atoms with Gasteiger partial charge in [-0.3, -0.25) is 14.4 Å². The number of anilines is 1. The number of nitrogens with zero attached hydrogens (tertiary/aromatic N) is 2. The number of rotatable bonds is 4. The van der Waals surface area contributed by atoms with Crippen molar-refractivity contribution in [2.45, 2.75) is 51.0 Å². The number of aromatic nitrogens is 1. The summed E-state index contributed by atoms with van der Waals surface area (Å²) in [5, 5.41) is 7.62. The first kappa shape index (κ1) is 16.9. The molecule has 0 saturated carbocycles. The van der Waals surface area contributed by atoms with E-state index in [9.17, 15) is 14.4 Å². The van der Waals surface area contributed by atoms with Crippen LogP contribution in [-0.4, -0.2) is 46.7 Å². The fraction of sp³-hybridized carbons (Fsp3) is 0.625. The highest BCUT2D eigenvalue weighted by Crippen LogP contribution is 2.19. The second-order valence-electron chi connectivity index (χ2n) is 6.26. The maximum atomic E-state index is 12.4. The number of carbonyl (C=O) groups is 3. The Morgan fingerprint density at radius 2 is 2.04 bits per heavy atom. The molecule has 3 amide bonds. The number of nitrogens with one attached hydrogen (secondary N) is 2. The van der Waals surface area contributed by atoms with E-state index in [2.05, 4.69) is 15.6 Å². The molecule has 130 valence electrons. The lowest BCUT2D eigenvalue weighted by Crippen LogP contribution is -2.37. The van der Waals surface area contributed by atoms with Crippen LogP contribution in [0.2, 0.25) is 0 Å². The Kier molecular flexibility index (Phi) is 5.44. The molecule has 24 heavy (non-hydrogen) atoms. The Hall–Kier alpha value is -1.96. The van der Waals surface area contributed by atoms with Crippen molar-refractivity contribution in [3.05, 3.63) is 11.1 Å². The summed E-state index contributed by atoms with van der Waals surface area (Å²) in [4.78, 5) is 41.8. The molecule has 1 unspecified atom stereocenters. The Morgan fingerprint density at radius 1 is 1.29 bits per heavy atom. The van der Waals surface area contributed by atoms with Crippen LogP contribution in [0.25, 0.3) is 0 Å². The van der Waals surface area contributed by atoms with Crippen molar-refractivity contribution < 1.29 is 14.4 Å². The van der Waals surface area contributed by atoms with Crippen LogP contribution >= 0.6 is 11.3 Å². The lowest BCUT2D eigenvalue weighted by molar-refractivity contribution is -0.130. The first-order valence-electron chi connectivity index (χ1n) is 8.44. The van der Waals surface area contributed by atoms with Crippen LogP contribution in [0.15, 0.2) is 5.38 Å². The summed E-state index contributed by atoms with van der Waals surface area (Å²) in [5.74, 6) is -0.248. The van der Waals surface area contributed by atoms with Crippen molar-refractivity contribution in [2.24, 2.45) is 0 Å². The van der Waals surface area contributed by atoms with Gasteiger partial charge in [-0.25, -0.2) is 4.98 Å². The SMILES string of the molecule is O=C1CCC(C(=O)Nc2nc(CC(=O)N3CCCCCC3)cs2)N1. The Morgan fingerprint density at radius 3 is 2.71 bits per heavy atom. The first-order valence-corrected chi connectivity index (χ1v) is 9.32. The minimum absolute atomic E-state index is 0.0991. The predicted octanol–water partition coefficient (Wildman–Crippen LogP) is 1.31. The minimum Gasteiger partial charge on any atom is -0.344 e. The molecule has 2 fully saturated rings. The molecule has 3 rings (SSSR count). The summed E-state index contributed by atoms with van der Waals surface area (Å²) in [5.41, 5.74) is 0.681. The molecule has 3 heterocycles. The molecular weight excluding hydrogens is 328 g/mol. The quantitative estimate of drug-likeness (QED) is 0.856. The second-order valence-corrected chi connectivity index (χ2v) is 7.12. The molecule has 0 radical (unpaired) electrons. The number of hydrogen-bond acceptors (Lipinski definition) is 5. The third-order valence-electron chi connectivity index (χ3n) is 4.38. The molecule has 1 aromatic heterocycles. The minimum atomic E-state index is -0.483. The largest absolute Gasteiger partial charge is 0.344 e. The van der Waals surface area contributed by atoms with Gasteiger partial charge in [0, 0.05) is 24.9 Å². The molecule has 2 saturated heterocycles. The van der Waals surface area contributed by atoms with Crippen molar-refractivity contribution >= 4 is 34.2 Å². The van der Waals surface area contributed by atoms with Crippen molar-refractivity contribution in [1.29, 1.82) is 0 Å². The lowest BCUT2D eigenvalue weighted by Gasteiger charge is -2.19. The molecule has 2 N–H and O–H groups in total. The highest BCUT2D eigenvalue weighted by molar-refractivity contribution is 7.13. The van der Waals surface area contributed by atoms with E-state index in [1.165, 1.54) is 24.2 Å². The van der Waals surface area contributed by atoms with Crippen molar-refractivity contribution in [1.82, 2.24) is 15.2 Å². The number of hydrogen-bond donors (Lipinski definition) is 2. The second kappa shape index (κ2) is 7.74. The average Bonchev–Trinajstić information content (AvgIpc) is 3.08. The van der Waals surface area contributed by atoms with Gasteiger partial charge >= 0.3 is 0 Å². The van der Waals surface area contributed by atoms with Crippen LogP contribution in [-0.2, 0) is 20.8 Å². The van der Waals surface area contributed by atoms with Gasteiger partial charge in [-0.2, -0.15) is 0 Å². The molecule has 0 aliphatic carbocycles. The zero-order valence-corrected chi connectivity index (χ0v) is 14.4. The average molecular weight is 350 g/mol. The van der Waals surface area contributed by atoms with Crippen LogP contribution in [0.3, 0.4) is 0 Å². The third kappa shape index (κ3) is 4.31. The van der Waals surface area contributed by atoms with E-state index in [0.29, 0.717) is 23.7 Å². The molecule has 0 spiro atoms. The van der Waals surface area contributed by atoms with Crippen LogP contribution in [0.5, 0.6) is 0 Å². The summed E-state index contributed by atoms with van der Waals surface area (Å²) >= 11 is 1.30. The normalized spacial score (nSPS) is 21.2. The van der Waals surface area contributed by atoms with Gasteiger partial charge in [-0.05, 0) is 19.3 Å². The van der Waals surface area contributed by atoms with Crippen molar-refractivity contribution in [3.8, 4) is 0 Å². The summed E-state index contributed by atoms with van der Waals surface area (Å²) in [6.07, 6.45) is 5.67. The fourth-order valence-corrected chi connectivity index (χ4v) is 3.75. The summed E-state index contributed by atoms with van der Waals surface area (Å²) < 4.78 is 0. The molecule has 0 aromatic carbocycles. The van der Waals surface area contributed by atoms with Gasteiger partial charge in [0.25, 0.3) is 0 Å². The van der Waals surface area contributed by atoms with Gasteiger partial charge in [0.2, 0.25) is 17.7 Å². The zero-order chi connectivity index (χ0) is 16.9. The Labute approximate surface area is 144 Å². The topological polar surface area (TPSA) is 91.4 Å². The summed E-state index contributed by atoms with van der Waals surface area (Å²) in [7, 11) is 0. The first-order chi connectivity index (χ1) is 11.6. The summed E-state index contributed by atoms with van der Waals surface area (Å²) in [6, 6.07) is -0.483. The molecule has 7 nitrogen and oxygen atoms in total. The Bertz CT molecular complexity index is 623. The van der Waals surface area contributed by atoms with Crippen LogP contribution in [0, 0.1) is 0 Å². The molecule has 2 aliphatic rings. The molecule has 2 aliphatic heterocycles. The molecular formula is C16H22N4O3S. The maximum Gasteiger partial charge on any atom is 0.248 e. The van der Waals surface area contributed by atoms with E-state index < -0.39 is 6.04 Å². The van der Waals surface area contributed by atoms with E-state index in [-0.39, 0.29) is 24.1 Å². The number of carbonyl (C=O) groups excluding carboxylic acids is 3. The number of likely N-dealkylation sites (tertiary alicyclic amines) is 1. The molecule has 0 bridgehead atoms. The smallest absolute Gasteiger partial charge is 0.248 e. The monoisotopic (exact) mass is 350 g/mol. The molecule has 8 heteroatoms. The maximum absolute atomic E-state index is 12.4. The third-order valence-corrected chi connectivity index (χ3v) is 5.19. The van der Waals surface area contributed by atoms with Gasteiger partial charge in [0.05, 0.1) is 12.1 Å². The van der Waals surface area contributed by atoms with Gasteiger partial charge < -0.3 is 15.5 Å². The number of thiazole rings is 1. The van der Waals surface area contributed by atoms with Crippen LogP contribution < -0.4 is 10.6 Å². The highest BCUT2D eigenvalue weighted by atomic mass is 32.1. The van der Waals surface area contributed by atoms with Gasteiger partial charge in [0.15, 0.2) is 5.13 Å². The van der Waals surface area contributed by atoms with Crippen molar-refractivity contribution in [3.63, 3.8) is 0 Å². The highest BCUT2D eigenvalue weighted by Gasteiger charge is 2.27. The fourth-order valence-electron chi connectivity index (χ4n) is 3.04. The lowest BCUT2D eigenvalue weighted by atomic mass is 10.2. The number of amides is 3. The van der Waals surface area contributed by atoms with Gasteiger partial charge in [-0.15, -0.1) is 11.3 Å². The molecule has 1 aromatic rings.